The van der Waals surface area contributed by atoms with Gasteiger partial charge in [0.25, 0.3) is 0 Å². The number of benzene rings is 1. The van der Waals surface area contributed by atoms with Crippen LogP contribution < -0.4 is 0 Å². The highest BCUT2D eigenvalue weighted by Gasteiger charge is 2.22. The number of nitrogens with zero attached hydrogens (tertiary/aromatic N) is 1. The molecule has 1 aromatic carbocycles. The molecule has 0 radical (unpaired) electrons. The van der Waals surface area contributed by atoms with Crippen molar-refractivity contribution < 1.29 is 8.78 Å². The molecule has 160 valence electrons. The van der Waals surface area contributed by atoms with Gasteiger partial charge in [-0.15, -0.1) is 0 Å². The summed E-state index contributed by atoms with van der Waals surface area (Å²) in [5.74, 6) is 1.90. The van der Waals surface area contributed by atoms with Crippen LogP contribution in [0.1, 0.15) is 75.7 Å². The van der Waals surface area contributed by atoms with Gasteiger partial charge in [0.2, 0.25) is 0 Å². The smallest absolute Gasteiger partial charge is 0.199 e. The Hall–Kier alpha value is -2.21. The normalized spacial score (nSPS) is 28.1. The van der Waals surface area contributed by atoms with Gasteiger partial charge >= 0.3 is 0 Å². The monoisotopic (exact) mass is 409 g/mol. The van der Waals surface area contributed by atoms with Gasteiger partial charge in [0, 0.05) is 0 Å². The maximum atomic E-state index is 13.1. The van der Waals surface area contributed by atoms with E-state index in [2.05, 4.69) is 12.2 Å². The molecule has 0 aromatic heterocycles. The summed E-state index contributed by atoms with van der Waals surface area (Å²) in [4.78, 5) is 0. The second-order valence-corrected chi connectivity index (χ2v) is 8.96. The fourth-order valence-corrected chi connectivity index (χ4v) is 4.98. The maximum Gasteiger partial charge on any atom is 0.199 e. The first kappa shape index (κ1) is 22.5. The second kappa shape index (κ2) is 11.8. The van der Waals surface area contributed by atoms with E-state index >= 15 is 0 Å². The number of hydrogen-bond donors (Lipinski definition) is 0. The largest absolute Gasteiger partial charge is 0.207 e. The molecule has 0 heterocycles. The molecule has 2 fully saturated rings. The molecule has 1 nitrogen and oxygen atoms in total. The highest BCUT2D eigenvalue weighted by atomic mass is 19.1. The van der Waals surface area contributed by atoms with Crippen molar-refractivity contribution in [3.8, 4) is 6.07 Å². The van der Waals surface area contributed by atoms with Gasteiger partial charge in [0.15, 0.2) is 5.83 Å². The van der Waals surface area contributed by atoms with Crippen molar-refractivity contribution in [1.82, 2.24) is 0 Å². The Labute approximate surface area is 180 Å². The van der Waals surface area contributed by atoms with Crippen molar-refractivity contribution in [1.29, 1.82) is 5.26 Å². The molecule has 3 heteroatoms. The van der Waals surface area contributed by atoms with Crippen LogP contribution in [0.25, 0.3) is 0 Å². The predicted molar refractivity (Wildman–Crippen MR) is 119 cm³/mol. The summed E-state index contributed by atoms with van der Waals surface area (Å²) < 4.78 is 25.8. The molecular weight excluding hydrogens is 376 g/mol. The quantitative estimate of drug-likeness (QED) is 0.253. The van der Waals surface area contributed by atoms with Crippen LogP contribution in [0, 0.1) is 34.9 Å². The van der Waals surface area contributed by atoms with E-state index in [1.807, 2.05) is 18.2 Å². The van der Waals surface area contributed by atoms with E-state index in [0.717, 1.165) is 24.7 Å². The van der Waals surface area contributed by atoms with E-state index in [9.17, 15) is 8.78 Å². The van der Waals surface area contributed by atoms with E-state index in [-0.39, 0.29) is 5.82 Å². The van der Waals surface area contributed by atoms with Crippen LogP contribution in [0.5, 0.6) is 0 Å². The van der Waals surface area contributed by atoms with Gasteiger partial charge in [-0.1, -0.05) is 36.4 Å². The minimum absolute atomic E-state index is 0.148. The van der Waals surface area contributed by atoms with Gasteiger partial charge in [-0.25, -0.2) is 4.39 Å². The first-order valence-corrected chi connectivity index (χ1v) is 11.5. The molecule has 1 aromatic rings. The average molecular weight is 410 g/mol. The Kier molecular flexibility index (Phi) is 8.87. The maximum absolute atomic E-state index is 13.1. The molecular formula is C27H33F2N. The lowest BCUT2D eigenvalue weighted by Crippen LogP contribution is -2.14. The molecule has 0 aliphatic heterocycles. The molecule has 3 rings (SSSR count). The summed E-state index contributed by atoms with van der Waals surface area (Å²) in [6, 6.07) is 8.55. The first-order valence-electron chi connectivity index (χ1n) is 11.5. The predicted octanol–water partition coefficient (Wildman–Crippen LogP) is 8.18. The van der Waals surface area contributed by atoms with Crippen LogP contribution in [0.3, 0.4) is 0 Å². The van der Waals surface area contributed by atoms with Gasteiger partial charge in [-0.2, -0.15) is 9.65 Å². The number of rotatable bonds is 7. The molecule has 30 heavy (non-hydrogen) atoms. The van der Waals surface area contributed by atoms with E-state index < -0.39 is 5.83 Å². The van der Waals surface area contributed by atoms with Crippen LogP contribution >= 0.6 is 0 Å². The average Bonchev–Trinajstić information content (AvgIpc) is 2.79. The number of nitriles is 1. The number of halogens is 2. The van der Waals surface area contributed by atoms with Gasteiger partial charge in [-0.05, 0) is 112 Å². The molecule has 0 bridgehead atoms. The van der Waals surface area contributed by atoms with Crippen molar-refractivity contribution >= 4 is 0 Å². The molecule has 0 amide bonds. The van der Waals surface area contributed by atoms with Crippen molar-refractivity contribution in [3.63, 3.8) is 0 Å². The van der Waals surface area contributed by atoms with Crippen LogP contribution in [0.4, 0.5) is 8.78 Å². The number of allylic oxidation sites excluding steroid dienone is 6. The standard InChI is InChI=1S/C27H33F2N/c28-26-18-16-25(17-19-26)24-14-12-23(13-15-24)11-10-22-8-6-21(7-9-22)4-2-1-3-5-27(29)20-30/h1,3,5,10-11,16-19,21-24H,2,4,6-9,12-15H2. The molecule has 0 unspecified atom stereocenters. The van der Waals surface area contributed by atoms with Gasteiger partial charge in [-0.3, -0.25) is 0 Å². The third kappa shape index (κ3) is 7.24. The molecule has 2 aliphatic rings. The summed E-state index contributed by atoms with van der Waals surface area (Å²) in [6.07, 6.45) is 21.9. The first-order chi connectivity index (χ1) is 14.6. The third-order valence-corrected chi connectivity index (χ3v) is 6.89. The zero-order valence-electron chi connectivity index (χ0n) is 17.8. The van der Waals surface area contributed by atoms with E-state index in [0.29, 0.717) is 11.8 Å². The van der Waals surface area contributed by atoms with Crippen LogP contribution in [-0.2, 0) is 0 Å². The highest BCUT2D eigenvalue weighted by molar-refractivity contribution is 5.21. The Bertz CT molecular complexity index is 768. The fraction of sp³-hybridized carbons (Fsp3) is 0.519. The summed E-state index contributed by atoms with van der Waals surface area (Å²) in [6.45, 7) is 0. The van der Waals surface area contributed by atoms with E-state index in [1.165, 1.54) is 69.1 Å². The van der Waals surface area contributed by atoms with Crippen molar-refractivity contribution in [3.05, 3.63) is 71.9 Å². The summed E-state index contributed by atoms with van der Waals surface area (Å²) in [7, 11) is 0. The number of hydrogen-bond acceptors (Lipinski definition) is 1. The van der Waals surface area contributed by atoms with Crippen molar-refractivity contribution in [2.45, 2.75) is 70.1 Å². The van der Waals surface area contributed by atoms with Gasteiger partial charge in [0.05, 0.1) is 0 Å². The Morgan fingerprint density at radius 2 is 1.53 bits per heavy atom. The highest BCUT2D eigenvalue weighted by Crippen LogP contribution is 2.37. The molecule has 2 aliphatic carbocycles. The molecule has 2 saturated carbocycles. The Balaban J connectivity index is 1.32. The van der Waals surface area contributed by atoms with Crippen molar-refractivity contribution in [2.24, 2.45) is 17.8 Å². The van der Waals surface area contributed by atoms with Gasteiger partial charge < -0.3 is 0 Å². The minimum Gasteiger partial charge on any atom is -0.207 e. The van der Waals surface area contributed by atoms with Crippen LogP contribution in [0.2, 0.25) is 0 Å². The molecule has 0 atom stereocenters. The zero-order chi connectivity index (χ0) is 21.2. The SMILES string of the molecule is N#CC(F)=CC=CCCC1CCC(C=CC2CCC(c3ccc(F)cc3)CC2)CC1. The molecule has 0 N–H and O–H groups in total. The Morgan fingerprint density at radius 3 is 2.13 bits per heavy atom. The third-order valence-electron chi connectivity index (χ3n) is 6.89. The molecule has 0 spiro atoms. The lowest BCUT2D eigenvalue weighted by Gasteiger charge is -2.29. The summed E-state index contributed by atoms with van der Waals surface area (Å²) in [5, 5.41) is 8.37. The van der Waals surface area contributed by atoms with E-state index in [1.54, 1.807) is 18.2 Å². The van der Waals surface area contributed by atoms with Crippen LogP contribution in [0.15, 0.2) is 60.5 Å². The summed E-state index contributed by atoms with van der Waals surface area (Å²) >= 11 is 0. The lowest BCUT2D eigenvalue weighted by molar-refractivity contribution is 0.295. The fourth-order valence-electron chi connectivity index (χ4n) is 4.98. The van der Waals surface area contributed by atoms with E-state index in [4.69, 9.17) is 5.26 Å². The van der Waals surface area contributed by atoms with Gasteiger partial charge in [0.1, 0.15) is 11.9 Å². The topological polar surface area (TPSA) is 23.8 Å². The summed E-state index contributed by atoms with van der Waals surface area (Å²) in [5.41, 5.74) is 1.29. The van der Waals surface area contributed by atoms with Crippen molar-refractivity contribution in [2.75, 3.05) is 0 Å². The lowest BCUT2D eigenvalue weighted by atomic mass is 9.77. The second-order valence-electron chi connectivity index (χ2n) is 8.96. The minimum atomic E-state index is -0.734. The van der Waals surface area contributed by atoms with Crippen LogP contribution in [-0.4, -0.2) is 0 Å². The Morgan fingerprint density at radius 1 is 0.933 bits per heavy atom. The molecule has 0 saturated heterocycles. The zero-order valence-corrected chi connectivity index (χ0v) is 17.8.